The molecule has 7 atom stereocenters. The molecule has 0 aromatic rings. The molecule has 0 aliphatic carbocycles. The lowest BCUT2D eigenvalue weighted by atomic mass is 9.77. The van der Waals surface area contributed by atoms with Crippen molar-refractivity contribution in [1.29, 1.82) is 0 Å². The van der Waals surface area contributed by atoms with Crippen LogP contribution < -0.4 is 11.5 Å². The lowest BCUT2D eigenvalue weighted by Gasteiger charge is -2.41. The van der Waals surface area contributed by atoms with E-state index in [-0.39, 0.29) is 31.0 Å². The van der Waals surface area contributed by atoms with Crippen LogP contribution in [-0.2, 0) is 9.47 Å². The Balaban J connectivity index is 5.57. The summed E-state index contributed by atoms with van der Waals surface area (Å²) in [5.41, 5.74) is 11.3. The first kappa shape index (κ1) is 38.1. The van der Waals surface area contributed by atoms with Crippen LogP contribution in [0.4, 0.5) is 0 Å². The first-order chi connectivity index (χ1) is 17.8. The predicted molar refractivity (Wildman–Crippen MR) is 169 cm³/mol. The van der Waals surface area contributed by atoms with Gasteiger partial charge >= 0.3 is 0 Å². The van der Waals surface area contributed by atoms with Gasteiger partial charge in [-0.3, -0.25) is 4.99 Å². The van der Waals surface area contributed by atoms with Crippen molar-refractivity contribution in [3.63, 3.8) is 0 Å². The molecule has 0 aromatic heterocycles. The molecule has 0 heterocycles. The topological polar surface area (TPSA) is 103 Å². The van der Waals surface area contributed by atoms with Gasteiger partial charge in [-0.2, -0.15) is 0 Å². The summed E-state index contributed by atoms with van der Waals surface area (Å²) in [6.45, 7) is 28.1. The Kier molecular flexibility index (Phi) is 17.5. The van der Waals surface area contributed by atoms with Crippen molar-refractivity contribution in [3.8, 4) is 0 Å². The Labute approximate surface area is 243 Å². The van der Waals surface area contributed by atoms with Gasteiger partial charge in [0, 0.05) is 0 Å². The van der Waals surface area contributed by atoms with E-state index in [4.69, 9.17) is 20.9 Å². The molecule has 5 N–H and O–H groups in total. The van der Waals surface area contributed by atoms with Gasteiger partial charge < -0.3 is 26.0 Å². The number of hydrogen-bond acceptors (Lipinski definition) is 4. The van der Waals surface area contributed by atoms with E-state index in [0.717, 1.165) is 38.5 Å². The lowest BCUT2D eigenvalue weighted by Crippen LogP contribution is -2.43. The minimum atomic E-state index is -0.769. The van der Waals surface area contributed by atoms with E-state index in [2.05, 4.69) is 88.1 Å². The Hall–Kier alpha value is -0.850. The summed E-state index contributed by atoms with van der Waals surface area (Å²) in [6.07, 6.45) is 8.72. The smallest absolute Gasteiger partial charge is 0.185 e. The number of aliphatic hydroxyl groups excluding tert-OH is 1. The fourth-order valence-electron chi connectivity index (χ4n) is 5.93. The Bertz CT molecular complexity index is 666. The predicted octanol–water partition coefficient (Wildman–Crippen LogP) is 7.91. The third kappa shape index (κ3) is 19.8. The number of guanidine groups is 1. The molecule has 0 aliphatic heterocycles. The summed E-state index contributed by atoms with van der Waals surface area (Å²) < 4.78 is 13.2. The van der Waals surface area contributed by atoms with Crippen LogP contribution in [0.3, 0.4) is 0 Å². The average molecular weight is 556 g/mol. The fourth-order valence-corrected chi connectivity index (χ4v) is 5.93. The van der Waals surface area contributed by atoms with Gasteiger partial charge in [0.1, 0.15) is 0 Å². The summed E-state index contributed by atoms with van der Waals surface area (Å²) in [7, 11) is 0. The van der Waals surface area contributed by atoms with Crippen LogP contribution in [0.25, 0.3) is 0 Å². The highest BCUT2D eigenvalue weighted by molar-refractivity contribution is 5.75. The van der Waals surface area contributed by atoms with E-state index in [9.17, 15) is 5.11 Å². The minimum absolute atomic E-state index is 0.0228. The van der Waals surface area contributed by atoms with Crippen LogP contribution in [0.1, 0.15) is 141 Å². The number of aliphatic hydroxyl groups is 1. The molecule has 0 aromatic carbocycles. The first-order valence-electron chi connectivity index (χ1n) is 15.8. The Morgan fingerprint density at radius 3 is 1.79 bits per heavy atom. The SMILES string of the molecule is CCC(C)CC(C)(OC(CCCC(C)CC(C)(C)C)OCC(O)CN=C(N)N)C(C)CCC(C)CC(C)(C)C. The van der Waals surface area contributed by atoms with Gasteiger partial charge in [0.05, 0.1) is 24.9 Å². The quantitative estimate of drug-likeness (QED) is 0.0804. The van der Waals surface area contributed by atoms with Crippen molar-refractivity contribution in [2.24, 2.45) is 51.0 Å². The minimum Gasteiger partial charge on any atom is -0.389 e. The number of ether oxygens (including phenoxy) is 2. The summed E-state index contributed by atoms with van der Waals surface area (Å²) in [6, 6.07) is 0. The second kappa shape index (κ2) is 17.9. The molecule has 0 spiro atoms. The fraction of sp³-hybridized carbons (Fsp3) is 0.970. The number of aliphatic imine (C=N–C) groups is 1. The summed E-state index contributed by atoms with van der Waals surface area (Å²) in [4.78, 5) is 3.94. The molecule has 0 radical (unpaired) electrons. The van der Waals surface area contributed by atoms with Crippen molar-refractivity contribution >= 4 is 5.96 Å². The van der Waals surface area contributed by atoms with Crippen LogP contribution in [0, 0.1) is 34.5 Å². The highest BCUT2D eigenvalue weighted by Gasteiger charge is 2.36. The third-order valence-corrected chi connectivity index (χ3v) is 8.00. The van der Waals surface area contributed by atoms with E-state index >= 15 is 0 Å². The maximum atomic E-state index is 10.4. The molecule has 7 unspecified atom stereocenters. The van der Waals surface area contributed by atoms with Crippen LogP contribution in [-0.4, -0.2) is 42.2 Å². The zero-order valence-electron chi connectivity index (χ0n) is 28.1. The van der Waals surface area contributed by atoms with Gasteiger partial charge in [-0.05, 0) is 80.0 Å². The number of nitrogens with zero attached hydrogens (tertiary/aromatic N) is 1. The molecule has 234 valence electrons. The van der Waals surface area contributed by atoms with E-state index in [1.807, 2.05) is 0 Å². The lowest BCUT2D eigenvalue weighted by molar-refractivity contribution is -0.235. The van der Waals surface area contributed by atoms with E-state index < -0.39 is 6.10 Å². The van der Waals surface area contributed by atoms with Gasteiger partial charge in [0.2, 0.25) is 0 Å². The molecule has 0 fully saturated rings. The van der Waals surface area contributed by atoms with Crippen molar-refractivity contribution in [3.05, 3.63) is 0 Å². The van der Waals surface area contributed by atoms with Crippen molar-refractivity contribution in [2.75, 3.05) is 13.2 Å². The van der Waals surface area contributed by atoms with Crippen molar-refractivity contribution in [2.45, 2.75) is 159 Å². The molecule has 0 saturated carbocycles. The molecular weight excluding hydrogens is 486 g/mol. The molecule has 0 aliphatic rings. The highest BCUT2D eigenvalue weighted by Crippen LogP contribution is 2.37. The molecule has 6 heteroatoms. The van der Waals surface area contributed by atoms with Gasteiger partial charge in [-0.15, -0.1) is 0 Å². The average Bonchev–Trinajstić information content (AvgIpc) is 2.76. The summed E-state index contributed by atoms with van der Waals surface area (Å²) >= 11 is 0. The summed E-state index contributed by atoms with van der Waals surface area (Å²) in [5, 5.41) is 10.4. The standard InChI is InChI=1S/C33H69N3O3/c1-13-24(2)21-33(12,27(5)18-17-26(4)20-32(9,10)11)39-29(38-23-28(37)22-36-30(34)35)16-14-15-25(3)19-31(6,7)8/h24-29,37H,13-23H2,1-12H3,(H4,34,35,36). The molecular formula is C33H69N3O3. The first-order valence-corrected chi connectivity index (χ1v) is 15.8. The second-order valence-corrected chi connectivity index (χ2v) is 15.5. The third-order valence-electron chi connectivity index (χ3n) is 8.00. The van der Waals surface area contributed by atoms with E-state index in [0.29, 0.717) is 34.5 Å². The van der Waals surface area contributed by atoms with E-state index in [1.54, 1.807) is 0 Å². The highest BCUT2D eigenvalue weighted by atomic mass is 16.7. The molecule has 6 nitrogen and oxygen atoms in total. The van der Waals surface area contributed by atoms with Crippen LogP contribution in [0.15, 0.2) is 4.99 Å². The van der Waals surface area contributed by atoms with Crippen LogP contribution in [0.5, 0.6) is 0 Å². The second-order valence-electron chi connectivity index (χ2n) is 15.5. The molecule has 0 amide bonds. The monoisotopic (exact) mass is 556 g/mol. The maximum absolute atomic E-state index is 10.4. The number of rotatable bonds is 20. The van der Waals surface area contributed by atoms with Gasteiger partial charge in [0.15, 0.2) is 12.2 Å². The maximum Gasteiger partial charge on any atom is 0.185 e. The van der Waals surface area contributed by atoms with E-state index in [1.165, 1.54) is 19.3 Å². The largest absolute Gasteiger partial charge is 0.389 e. The molecule has 0 saturated heterocycles. The zero-order chi connectivity index (χ0) is 30.4. The Morgan fingerprint density at radius 1 is 0.769 bits per heavy atom. The number of nitrogens with two attached hydrogens (primary N) is 2. The number of hydrogen-bond donors (Lipinski definition) is 3. The zero-order valence-corrected chi connectivity index (χ0v) is 28.1. The Morgan fingerprint density at radius 2 is 1.31 bits per heavy atom. The van der Waals surface area contributed by atoms with Crippen LogP contribution >= 0.6 is 0 Å². The summed E-state index contributed by atoms with van der Waals surface area (Å²) in [5.74, 6) is 2.26. The van der Waals surface area contributed by atoms with Crippen molar-refractivity contribution < 1.29 is 14.6 Å². The normalized spacial score (nSPS) is 19.0. The molecule has 0 bridgehead atoms. The van der Waals surface area contributed by atoms with Gasteiger partial charge in [-0.1, -0.05) is 95.4 Å². The van der Waals surface area contributed by atoms with Gasteiger partial charge in [-0.25, -0.2) is 0 Å². The molecule has 39 heavy (non-hydrogen) atoms. The molecule has 0 rings (SSSR count). The van der Waals surface area contributed by atoms with Crippen LogP contribution in [0.2, 0.25) is 0 Å². The van der Waals surface area contributed by atoms with Crippen molar-refractivity contribution in [1.82, 2.24) is 0 Å². The van der Waals surface area contributed by atoms with Gasteiger partial charge in [0.25, 0.3) is 0 Å².